The molecular weight excluding hydrogens is 270 g/mol. The molecule has 1 aliphatic heterocycles. The van der Waals surface area contributed by atoms with Crippen molar-refractivity contribution in [1.82, 2.24) is 10.3 Å². The van der Waals surface area contributed by atoms with Crippen LogP contribution in [-0.2, 0) is 0 Å². The summed E-state index contributed by atoms with van der Waals surface area (Å²) in [5.74, 6) is 1.67. The van der Waals surface area contributed by atoms with Crippen LogP contribution in [0.5, 0.6) is 0 Å². The molecule has 4 nitrogen and oxygen atoms in total. The summed E-state index contributed by atoms with van der Waals surface area (Å²) in [5.41, 5.74) is 0.502. The summed E-state index contributed by atoms with van der Waals surface area (Å²) in [7, 11) is 1.74. The third-order valence-corrected chi connectivity index (χ3v) is 4.54. The van der Waals surface area contributed by atoms with Crippen LogP contribution in [0.1, 0.15) is 23.2 Å². The molecule has 1 unspecified atom stereocenters. The van der Waals surface area contributed by atoms with Gasteiger partial charge in [-0.3, -0.25) is 4.79 Å². The maximum Gasteiger partial charge on any atom is 0.252 e. The molecule has 98 valence electrons. The number of halogens is 1. The number of pyridine rings is 1. The average molecular weight is 286 g/mol. The molecule has 1 aromatic heterocycles. The van der Waals surface area contributed by atoms with Gasteiger partial charge in [0.1, 0.15) is 5.82 Å². The Kier molecular flexibility index (Phi) is 4.72. The van der Waals surface area contributed by atoms with Gasteiger partial charge in [0.2, 0.25) is 0 Å². The summed E-state index contributed by atoms with van der Waals surface area (Å²) in [6.45, 7) is 0.717. The van der Waals surface area contributed by atoms with E-state index < -0.39 is 0 Å². The molecule has 0 aliphatic carbocycles. The van der Waals surface area contributed by atoms with Crippen LogP contribution >= 0.6 is 23.4 Å². The minimum atomic E-state index is -0.112. The zero-order valence-electron chi connectivity index (χ0n) is 10.2. The standard InChI is InChI=1S/C12H16ClN3OS/c1-14-11-10(13)5-8(6-15-11)12(17)16-7-9-3-2-4-18-9/h5-6,9H,2-4,7H2,1H3,(H,14,15)(H,16,17). The highest BCUT2D eigenvalue weighted by atomic mass is 35.5. The van der Waals surface area contributed by atoms with Crippen LogP contribution in [0.3, 0.4) is 0 Å². The van der Waals surface area contributed by atoms with Gasteiger partial charge in [0, 0.05) is 25.0 Å². The number of nitrogens with one attached hydrogen (secondary N) is 2. The van der Waals surface area contributed by atoms with Crippen LogP contribution in [-0.4, -0.2) is 35.5 Å². The molecule has 1 fully saturated rings. The fourth-order valence-corrected chi connectivity index (χ4v) is 3.32. The van der Waals surface area contributed by atoms with Crippen LogP contribution in [0.4, 0.5) is 5.82 Å². The molecule has 1 saturated heterocycles. The molecule has 1 atom stereocenters. The number of rotatable bonds is 4. The molecular formula is C12H16ClN3OS. The van der Waals surface area contributed by atoms with Gasteiger partial charge in [0.25, 0.3) is 5.91 Å². The fourth-order valence-electron chi connectivity index (χ4n) is 1.86. The van der Waals surface area contributed by atoms with E-state index in [-0.39, 0.29) is 5.91 Å². The van der Waals surface area contributed by atoms with Crippen molar-refractivity contribution in [2.75, 3.05) is 24.7 Å². The van der Waals surface area contributed by atoms with Crippen LogP contribution in [0.25, 0.3) is 0 Å². The molecule has 1 aromatic rings. The van der Waals surface area contributed by atoms with Crippen molar-refractivity contribution in [3.8, 4) is 0 Å². The maximum atomic E-state index is 11.9. The summed E-state index contributed by atoms with van der Waals surface area (Å²) < 4.78 is 0. The zero-order valence-corrected chi connectivity index (χ0v) is 11.8. The van der Waals surface area contributed by atoms with Crippen molar-refractivity contribution in [2.45, 2.75) is 18.1 Å². The molecule has 0 radical (unpaired) electrons. The maximum absolute atomic E-state index is 11.9. The molecule has 6 heteroatoms. The Morgan fingerprint density at radius 2 is 2.50 bits per heavy atom. The minimum absolute atomic E-state index is 0.112. The predicted molar refractivity (Wildman–Crippen MR) is 76.6 cm³/mol. The van der Waals surface area contributed by atoms with Crippen molar-refractivity contribution in [3.05, 3.63) is 22.8 Å². The molecule has 0 spiro atoms. The van der Waals surface area contributed by atoms with Gasteiger partial charge in [-0.05, 0) is 24.7 Å². The van der Waals surface area contributed by atoms with Gasteiger partial charge in [-0.15, -0.1) is 0 Å². The molecule has 2 N–H and O–H groups in total. The number of nitrogens with zero attached hydrogens (tertiary/aromatic N) is 1. The monoisotopic (exact) mass is 285 g/mol. The van der Waals surface area contributed by atoms with E-state index >= 15 is 0 Å². The first-order chi connectivity index (χ1) is 8.70. The van der Waals surface area contributed by atoms with Gasteiger partial charge in [-0.25, -0.2) is 4.98 Å². The van der Waals surface area contributed by atoms with E-state index in [0.717, 1.165) is 6.54 Å². The highest BCUT2D eigenvalue weighted by Gasteiger charge is 2.17. The van der Waals surface area contributed by atoms with E-state index in [2.05, 4.69) is 15.6 Å². The van der Waals surface area contributed by atoms with Crippen molar-refractivity contribution in [2.24, 2.45) is 0 Å². The summed E-state index contributed by atoms with van der Waals surface area (Å²) in [6, 6.07) is 1.64. The van der Waals surface area contributed by atoms with Crippen LogP contribution in [0, 0.1) is 0 Å². The largest absolute Gasteiger partial charge is 0.372 e. The van der Waals surface area contributed by atoms with E-state index in [1.165, 1.54) is 24.8 Å². The Labute approximate surface area is 116 Å². The third-order valence-electron chi connectivity index (χ3n) is 2.85. The van der Waals surface area contributed by atoms with Crippen molar-refractivity contribution in [3.63, 3.8) is 0 Å². The molecule has 1 amide bonds. The Bertz CT molecular complexity index is 435. The second kappa shape index (κ2) is 6.29. The number of hydrogen-bond donors (Lipinski definition) is 2. The molecule has 1 aliphatic rings. The Hall–Kier alpha value is -0.940. The lowest BCUT2D eigenvalue weighted by atomic mass is 10.2. The molecule has 18 heavy (non-hydrogen) atoms. The highest BCUT2D eigenvalue weighted by Crippen LogP contribution is 2.25. The van der Waals surface area contributed by atoms with Gasteiger partial charge in [0.15, 0.2) is 0 Å². The highest BCUT2D eigenvalue weighted by molar-refractivity contribution is 8.00. The second-order valence-electron chi connectivity index (χ2n) is 4.15. The lowest BCUT2D eigenvalue weighted by Gasteiger charge is -2.10. The normalized spacial score (nSPS) is 18.7. The quantitative estimate of drug-likeness (QED) is 0.892. The molecule has 0 saturated carbocycles. The van der Waals surface area contributed by atoms with E-state index in [1.807, 2.05) is 11.8 Å². The number of amides is 1. The van der Waals surface area contributed by atoms with Crippen LogP contribution < -0.4 is 10.6 Å². The van der Waals surface area contributed by atoms with Gasteiger partial charge in [0.05, 0.1) is 10.6 Å². The van der Waals surface area contributed by atoms with Crippen molar-refractivity contribution < 1.29 is 4.79 Å². The SMILES string of the molecule is CNc1ncc(C(=O)NCC2CCCS2)cc1Cl. The Balaban J connectivity index is 1.93. The summed E-state index contributed by atoms with van der Waals surface area (Å²) in [5, 5.41) is 6.80. The number of carbonyl (C=O) groups excluding carboxylic acids is 1. The van der Waals surface area contributed by atoms with E-state index in [1.54, 1.807) is 13.1 Å². The minimum Gasteiger partial charge on any atom is -0.372 e. The lowest BCUT2D eigenvalue weighted by Crippen LogP contribution is -2.29. The number of anilines is 1. The number of aromatic nitrogens is 1. The zero-order chi connectivity index (χ0) is 13.0. The summed E-state index contributed by atoms with van der Waals surface area (Å²) >= 11 is 7.91. The van der Waals surface area contributed by atoms with Gasteiger partial charge in [-0.2, -0.15) is 11.8 Å². The van der Waals surface area contributed by atoms with Crippen LogP contribution in [0.2, 0.25) is 5.02 Å². The molecule has 0 bridgehead atoms. The molecule has 2 rings (SSSR count). The Morgan fingerprint density at radius 3 is 3.11 bits per heavy atom. The van der Waals surface area contributed by atoms with E-state index in [0.29, 0.717) is 21.7 Å². The predicted octanol–water partition coefficient (Wildman–Crippen LogP) is 2.40. The van der Waals surface area contributed by atoms with E-state index in [4.69, 9.17) is 11.6 Å². The second-order valence-corrected chi connectivity index (χ2v) is 5.96. The fraction of sp³-hybridized carbons (Fsp3) is 0.500. The third kappa shape index (κ3) is 3.29. The first kappa shape index (κ1) is 13.5. The van der Waals surface area contributed by atoms with Crippen molar-refractivity contribution >= 4 is 35.1 Å². The van der Waals surface area contributed by atoms with Gasteiger partial charge in [-0.1, -0.05) is 11.6 Å². The first-order valence-corrected chi connectivity index (χ1v) is 7.36. The van der Waals surface area contributed by atoms with E-state index in [9.17, 15) is 4.79 Å². The number of thioether (sulfide) groups is 1. The van der Waals surface area contributed by atoms with Crippen LogP contribution in [0.15, 0.2) is 12.3 Å². The topological polar surface area (TPSA) is 54.0 Å². The average Bonchev–Trinajstić information content (AvgIpc) is 2.89. The molecule has 0 aromatic carbocycles. The summed E-state index contributed by atoms with van der Waals surface area (Å²) in [4.78, 5) is 16.0. The lowest BCUT2D eigenvalue weighted by molar-refractivity contribution is 0.0953. The Morgan fingerprint density at radius 1 is 1.67 bits per heavy atom. The van der Waals surface area contributed by atoms with Gasteiger partial charge < -0.3 is 10.6 Å². The summed E-state index contributed by atoms with van der Waals surface area (Å²) in [6.07, 6.45) is 3.97. The molecule has 2 heterocycles. The first-order valence-electron chi connectivity index (χ1n) is 5.94. The number of carbonyl (C=O) groups is 1. The van der Waals surface area contributed by atoms with Gasteiger partial charge >= 0.3 is 0 Å². The van der Waals surface area contributed by atoms with Crippen molar-refractivity contribution in [1.29, 1.82) is 0 Å². The smallest absolute Gasteiger partial charge is 0.252 e. The number of hydrogen-bond acceptors (Lipinski definition) is 4.